The molecule has 136 valence electrons. The van der Waals surface area contributed by atoms with Crippen LogP contribution in [0.4, 0.5) is 0 Å². The van der Waals surface area contributed by atoms with Crippen molar-refractivity contribution in [3.8, 4) is 0 Å². The van der Waals surface area contributed by atoms with Crippen molar-refractivity contribution >= 4 is 36.2 Å². The molecule has 0 aromatic carbocycles. The first-order valence-electron chi connectivity index (χ1n) is 3.27. The predicted octanol–water partition coefficient (Wildman–Crippen LogP) is -69.3. The van der Waals surface area contributed by atoms with Crippen molar-refractivity contribution < 1.29 is 904 Å². The van der Waals surface area contributed by atoms with Gasteiger partial charge in [-0.05, 0) is 0 Å². The monoisotopic (exact) mass is 1010 g/mol. The molecular formula is H2K16O17Si4. The molecule has 0 saturated carbocycles. The third-order valence-corrected chi connectivity index (χ3v) is 0. The van der Waals surface area contributed by atoms with E-state index in [-0.39, 0.29) is 828 Å². The van der Waals surface area contributed by atoms with Crippen LogP contribution in [0.25, 0.3) is 0 Å². The smallest absolute Gasteiger partial charge is 0.894 e. The molecule has 0 saturated heterocycles. The van der Waals surface area contributed by atoms with Gasteiger partial charge < -0.3 is 118 Å². The quantitative estimate of drug-likeness (QED) is 0.203. The third-order valence-electron chi connectivity index (χ3n) is 0. The molecule has 0 aromatic rings. The van der Waals surface area contributed by atoms with Crippen molar-refractivity contribution in [2.75, 3.05) is 0 Å². The second-order valence-electron chi connectivity index (χ2n) is 2.00. The van der Waals surface area contributed by atoms with Gasteiger partial charge in [-0.1, -0.05) is 0 Å². The molecule has 0 spiro atoms. The summed E-state index contributed by atoms with van der Waals surface area (Å²) in [6, 6.07) is 0. The van der Waals surface area contributed by atoms with E-state index in [0.29, 0.717) is 0 Å². The van der Waals surface area contributed by atoms with Crippen LogP contribution in [0.3, 0.4) is 0 Å². The van der Waals surface area contributed by atoms with E-state index in [9.17, 15) is 0 Å². The molecule has 37 heteroatoms. The van der Waals surface area contributed by atoms with Crippen LogP contribution in [0.1, 0.15) is 0 Å². The molecule has 0 aromatic heterocycles. The minimum Gasteiger partial charge on any atom is -0.894 e. The summed E-state index contributed by atoms with van der Waals surface area (Å²) < 4.78 is 0. The van der Waals surface area contributed by atoms with E-state index in [0.717, 1.165) is 0 Å². The summed E-state index contributed by atoms with van der Waals surface area (Å²) in [5, 5.41) is 0. The SMILES string of the molecule is O.[K+].[K+].[K+].[K+].[K+].[K+].[K+].[K+].[K+].[K+].[K+].[K+].[K+].[K+].[K+].[K+].[O-][Si]([O-])([O-])[O-].[O-][Si]([O-])([O-])[O-].[O-][Si]([O-])([O-])[O-].[O-][Si]([O-])([O-])[O-]. The summed E-state index contributed by atoms with van der Waals surface area (Å²) in [4.78, 5) is 137. The maximum absolute atomic E-state index is 8.58. The van der Waals surface area contributed by atoms with E-state index in [1.165, 1.54) is 0 Å². The first kappa shape index (κ1) is 137. The zero-order chi connectivity index (χ0) is 18.0. The number of rotatable bonds is 0. The molecule has 0 unspecified atom stereocenters. The van der Waals surface area contributed by atoms with Gasteiger partial charge in [-0.3, -0.25) is 0 Å². The fourth-order valence-electron chi connectivity index (χ4n) is 0. The fourth-order valence-corrected chi connectivity index (χ4v) is 0. The van der Waals surface area contributed by atoms with Crippen molar-refractivity contribution in [2.45, 2.75) is 0 Å². The van der Waals surface area contributed by atoms with Crippen molar-refractivity contribution in [1.29, 1.82) is 0 Å². The molecule has 0 fully saturated rings. The minimum atomic E-state index is -5.61. The van der Waals surface area contributed by atoms with Crippen LogP contribution in [0.5, 0.6) is 0 Å². The largest absolute Gasteiger partial charge is 1.00 e. The Morgan fingerprint density at radius 1 is 0.162 bits per heavy atom. The van der Waals surface area contributed by atoms with E-state index in [1.54, 1.807) is 0 Å². The summed E-state index contributed by atoms with van der Waals surface area (Å²) in [7, 11) is -22.4. The topological polar surface area (TPSA) is 400 Å². The summed E-state index contributed by atoms with van der Waals surface area (Å²) in [6.45, 7) is 0. The molecule has 2 N–H and O–H groups in total. The Morgan fingerprint density at radius 2 is 0.162 bits per heavy atom. The number of hydrogen-bond acceptors (Lipinski definition) is 16. The van der Waals surface area contributed by atoms with Crippen molar-refractivity contribution in [1.82, 2.24) is 0 Å². The standard InChI is InChI=1S/16K.4O4Si.H2O/c;;;;;;;;;;;;;;;;4*1-5(2,3)4;/h;;;;;;;;;;;;;;;;;;;;1H2/q16*+1;4*-4;. The zero-order valence-corrected chi connectivity index (χ0v) is 79.0. The first-order chi connectivity index (χ1) is 8.00. The minimum absolute atomic E-state index is 0. The van der Waals surface area contributed by atoms with Gasteiger partial charge >= 0.3 is 822 Å². The molecule has 0 amide bonds. The van der Waals surface area contributed by atoms with Gasteiger partial charge in [0, 0.05) is 0 Å². The molecule has 0 aliphatic heterocycles. The Bertz CT molecular complexity index is 161. The maximum Gasteiger partial charge on any atom is 1.00 e. The van der Waals surface area contributed by atoms with Crippen molar-refractivity contribution in [3.05, 3.63) is 0 Å². The Kier molecular flexibility index (Phi) is 344. The van der Waals surface area contributed by atoms with Crippen LogP contribution in [-0.4, -0.2) is 41.7 Å². The summed E-state index contributed by atoms with van der Waals surface area (Å²) in [5.74, 6) is 0. The van der Waals surface area contributed by atoms with Gasteiger partial charge in [0.15, 0.2) is 0 Å². The first-order valence-corrected chi connectivity index (χ1v) is 9.80. The molecule has 0 aliphatic carbocycles. The van der Waals surface area contributed by atoms with E-state index < -0.39 is 36.2 Å². The Labute approximate surface area is 902 Å². The van der Waals surface area contributed by atoms with Crippen LogP contribution in [0, 0.1) is 0 Å². The van der Waals surface area contributed by atoms with E-state index in [1.807, 2.05) is 0 Å². The average molecular weight is 1010 g/mol. The molecule has 17 nitrogen and oxygen atoms in total. The molecule has 0 atom stereocenters. The molecular weight excluding hydrogens is 1010 g/mol. The van der Waals surface area contributed by atoms with E-state index in [2.05, 4.69) is 0 Å². The second-order valence-corrected chi connectivity index (χ2v) is 6.00. The van der Waals surface area contributed by atoms with Gasteiger partial charge in [0.1, 0.15) is 0 Å². The molecule has 0 rings (SSSR count). The van der Waals surface area contributed by atoms with E-state index in [4.69, 9.17) is 76.7 Å². The van der Waals surface area contributed by atoms with E-state index >= 15 is 0 Å². The van der Waals surface area contributed by atoms with Crippen LogP contribution >= 0.6 is 0 Å². The van der Waals surface area contributed by atoms with Gasteiger partial charge in [0.25, 0.3) is 0 Å². The second kappa shape index (κ2) is 92.6. The van der Waals surface area contributed by atoms with Crippen LogP contribution < -0.4 is 899 Å². The molecule has 0 heterocycles. The molecule has 0 radical (unpaired) electrons. The van der Waals surface area contributed by atoms with Gasteiger partial charge in [-0.2, -0.15) is 0 Å². The Morgan fingerprint density at radius 3 is 0.162 bits per heavy atom. The molecule has 0 aliphatic rings. The summed E-state index contributed by atoms with van der Waals surface area (Å²) in [6.07, 6.45) is 0. The van der Waals surface area contributed by atoms with Crippen molar-refractivity contribution in [2.24, 2.45) is 0 Å². The summed E-state index contributed by atoms with van der Waals surface area (Å²) in [5.41, 5.74) is 0. The predicted molar refractivity (Wildman–Crippen MR) is 26.6 cm³/mol. The molecule has 0 bridgehead atoms. The van der Waals surface area contributed by atoms with Crippen LogP contribution in [0.15, 0.2) is 0 Å². The van der Waals surface area contributed by atoms with Crippen LogP contribution in [0.2, 0.25) is 0 Å². The number of hydrogen-bond donors (Lipinski definition) is 0. The van der Waals surface area contributed by atoms with Crippen molar-refractivity contribution in [3.63, 3.8) is 0 Å². The summed E-state index contributed by atoms with van der Waals surface area (Å²) >= 11 is 0. The normalized spacial score (nSPS) is 6.49. The Hall–Kier alpha value is 26.4. The van der Waals surface area contributed by atoms with Gasteiger partial charge in [0.2, 0.25) is 0 Å². The third kappa shape index (κ3) is 327. The maximum atomic E-state index is 8.58. The zero-order valence-electron chi connectivity index (χ0n) is 25.0. The van der Waals surface area contributed by atoms with Gasteiger partial charge in [-0.25, -0.2) is 0 Å². The van der Waals surface area contributed by atoms with Gasteiger partial charge in [-0.15, -0.1) is 0 Å². The van der Waals surface area contributed by atoms with Gasteiger partial charge in [0.05, 0.1) is 0 Å². The molecule has 37 heavy (non-hydrogen) atoms. The Balaban J connectivity index is -0.00000000421. The van der Waals surface area contributed by atoms with Crippen LogP contribution in [-0.2, 0) is 0 Å². The average Bonchev–Trinajstić information content (AvgIpc) is 1.62. The fraction of sp³-hybridized carbons (Fsp3) is 0.